The van der Waals surface area contributed by atoms with Crippen LogP contribution in [0.3, 0.4) is 0 Å². The van der Waals surface area contributed by atoms with Crippen LogP contribution in [0.5, 0.6) is 5.75 Å². The summed E-state index contributed by atoms with van der Waals surface area (Å²) in [6.07, 6.45) is 2.19. The van der Waals surface area contributed by atoms with E-state index < -0.39 is 22.2 Å². The summed E-state index contributed by atoms with van der Waals surface area (Å²) in [6.45, 7) is 3.98. The molecule has 1 aromatic heterocycles. The molecular formula is C28H36N6O6S. The summed E-state index contributed by atoms with van der Waals surface area (Å²) in [5.74, 6) is -0.0385. The maximum atomic E-state index is 13.4. The Morgan fingerprint density at radius 1 is 1.22 bits per heavy atom. The summed E-state index contributed by atoms with van der Waals surface area (Å²) < 4.78 is 36.2. The highest BCUT2D eigenvalue weighted by Crippen LogP contribution is 2.30. The fraction of sp³-hybridized carbons (Fsp3) is 0.393. The van der Waals surface area contributed by atoms with Gasteiger partial charge in [-0.2, -0.15) is 8.42 Å². The predicted molar refractivity (Wildman–Crippen MR) is 154 cm³/mol. The number of aryl methyl sites for hydroxylation is 1. The lowest BCUT2D eigenvalue weighted by molar-refractivity contribution is -0.134. The minimum atomic E-state index is -3.96. The molecule has 0 aliphatic carbocycles. The maximum absolute atomic E-state index is 13.4. The van der Waals surface area contributed by atoms with Crippen LogP contribution >= 0.6 is 0 Å². The number of urea groups is 1. The van der Waals surface area contributed by atoms with Gasteiger partial charge in [0, 0.05) is 49.7 Å². The highest BCUT2D eigenvalue weighted by molar-refractivity contribution is 7.92. The molecule has 4 rings (SSSR count). The molecule has 1 aliphatic rings. The molecule has 0 radical (unpaired) electrons. The van der Waals surface area contributed by atoms with Crippen molar-refractivity contribution in [2.75, 3.05) is 36.8 Å². The second-order valence-corrected chi connectivity index (χ2v) is 12.0. The van der Waals surface area contributed by atoms with E-state index in [1.807, 2.05) is 25.1 Å². The zero-order valence-electron chi connectivity index (χ0n) is 23.5. The molecule has 0 saturated carbocycles. The number of benzene rings is 2. The lowest BCUT2D eigenvalue weighted by Gasteiger charge is -2.34. The standard InChI is InChI=1S/C28H36N6O6S/c1-19-14-34(20(2)17-35)27(36)13-21-12-23(31-41(38,39)26-16-32(3)18-29-26)10-11-24(21)40-25(19)15-33(4)28(37)30-22-8-6-5-7-9-22/h5-12,16,18-20,25,31,35H,13-15,17H2,1-4H3,(H,30,37)/t19-,20+,25-/m0/s1. The van der Waals surface area contributed by atoms with E-state index in [0.717, 1.165) is 0 Å². The molecule has 0 spiro atoms. The number of nitrogens with zero attached hydrogens (tertiary/aromatic N) is 4. The number of amides is 3. The van der Waals surface area contributed by atoms with Gasteiger partial charge in [0.05, 0.1) is 31.9 Å². The largest absolute Gasteiger partial charge is 0.488 e. The number of para-hydroxylation sites is 1. The molecule has 3 atom stereocenters. The molecule has 0 saturated heterocycles. The first-order chi connectivity index (χ1) is 19.5. The third-order valence-corrected chi connectivity index (χ3v) is 8.22. The first-order valence-corrected chi connectivity index (χ1v) is 14.7. The average molecular weight is 585 g/mol. The summed E-state index contributed by atoms with van der Waals surface area (Å²) in [6, 6.07) is 13.1. The average Bonchev–Trinajstić information content (AvgIpc) is 3.40. The molecule has 3 aromatic rings. The van der Waals surface area contributed by atoms with Gasteiger partial charge in [-0.1, -0.05) is 25.1 Å². The Labute approximate surface area is 240 Å². The molecule has 3 amide bonds. The van der Waals surface area contributed by atoms with Crippen molar-refractivity contribution < 1.29 is 27.9 Å². The Kier molecular flexibility index (Phi) is 9.18. The highest BCUT2D eigenvalue weighted by atomic mass is 32.2. The van der Waals surface area contributed by atoms with E-state index in [-0.39, 0.29) is 48.1 Å². The van der Waals surface area contributed by atoms with Crippen LogP contribution < -0.4 is 14.8 Å². The summed E-state index contributed by atoms with van der Waals surface area (Å²) >= 11 is 0. The van der Waals surface area contributed by atoms with Crippen molar-refractivity contribution >= 4 is 33.3 Å². The molecule has 2 heterocycles. The molecule has 1 aliphatic heterocycles. The van der Waals surface area contributed by atoms with Crippen LogP contribution in [0.1, 0.15) is 19.4 Å². The van der Waals surface area contributed by atoms with E-state index >= 15 is 0 Å². The van der Waals surface area contributed by atoms with Gasteiger partial charge in [-0.3, -0.25) is 9.52 Å². The van der Waals surface area contributed by atoms with E-state index in [0.29, 0.717) is 23.5 Å². The normalized spacial score (nSPS) is 18.3. The predicted octanol–water partition coefficient (Wildman–Crippen LogP) is 2.53. The lowest BCUT2D eigenvalue weighted by Crippen LogP contribution is -2.48. The van der Waals surface area contributed by atoms with Crippen molar-refractivity contribution in [2.24, 2.45) is 13.0 Å². The van der Waals surface area contributed by atoms with Crippen LogP contribution in [0.4, 0.5) is 16.2 Å². The van der Waals surface area contributed by atoms with Gasteiger partial charge in [-0.25, -0.2) is 9.78 Å². The van der Waals surface area contributed by atoms with Gasteiger partial charge in [-0.15, -0.1) is 0 Å². The molecular weight excluding hydrogens is 548 g/mol. The van der Waals surface area contributed by atoms with Crippen LogP contribution in [0.2, 0.25) is 0 Å². The summed E-state index contributed by atoms with van der Waals surface area (Å²) in [5.41, 5.74) is 1.38. The molecule has 0 bridgehead atoms. The lowest BCUT2D eigenvalue weighted by atomic mass is 10.0. The van der Waals surface area contributed by atoms with Gasteiger partial charge in [0.2, 0.25) is 5.91 Å². The topological polar surface area (TPSA) is 146 Å². The Balaban J connectivity index is 1.62. The SMILES string of the molecule is C[C@H](CO)N1C[C@H](C)[C@H](CN(C)C(=O)Nc2ccccc2)Oc2ccc(NS(=O)(=O)c3cn(C)cn3)cc2CC1=O. The number of imidazole rings is 1. The number of likely N-dealkylation sites (N-methyl/N-ethyl adjacent to an activating group) is 1. The molecule has 13 heteroatoms. The number of ether oxygens (including phenoxy) is 1. The highest BCUT2D eigenvalue weighted by Gasteiger charge is 2.32. The molecule has 2 aromatic carbocycles. The molecule has 12 nitrogen and oxygen atoms in total. The molecule has 0 unspecified atom stereocenters. The van der Waals surface area contributed by atoms with Crippen LogP contribution in [-0.2, 0) is 28.3 Å². The van der Waals surface area contributed by atoms with Crippen LogP contribution in [0.25, 0.3) is 0 Å². The van der Waals surface area contributed by atoms with Gasteiger partial charge in [0.25, 0.3) is 10.0 Å². The van der Waals surface area contributed by atoms with Crippen molar-refractivity contribution in [3.63, 3.8) is 0 Å². The molecule has 0 fully saturated rings. The number of rotatable bonds is 8. The smallest absolute Gasteiger partial charge is 0.321 e. The number of aliphatic hydroxyl groups excluding tert-OH is 1. The molecule has 3 N–H and O–H groups in total. The maximum Gasteiger partial charge on any atom is 0.321 e. The van der Waals surface area contributed by atoms with Crippen LogP contribution in [0, 0.1) is 5.92 Å². The van der Waals surface area contributed by atoms with Gasteiger partial charge >= 0.3 is 6.03 Å². The molecule has 220 valence electrons. The first kappa shape index (κ1) is 29.9. The fourth-order valence-corrected chi connectivity index (χ4v) is 5.57. The van der Waals surface area contributed by atoms with E-state index in [1.165, 1.54) is 22.0 Å². The Morgan fingerprint density at radius 3 is 2.61 bits per heavy atom. The van der Waals surface area contributed by atoms with Gasteiger partial charge < -0.3 is 29.5 Å². The fourth-order valence-electron chi connectivity index (χ4n) is 4.54. The third-order valence-electron chi connectivity index (χ3n) is 6.95. The van der Waals surface area contributed by atoms with Gasteiger partial charge in [0.15, 0.2) is 5.03 Å². The molecule has 41 heavy (non-hydrogen) atoms. The summed E-state index contributed by atoms with van der Waals surface area (Å²) in [7, 11) is -0.625. The van der Waals surface area contributed by atoms with Crippen LogP contribution in [-0.4, -0.2) is 83.7 Å². The Bertz CT molecular complexity index is 1480. The zero-order valence-corrected chi connectivity index (χ0v) is 24.3. The van der Waals surface area contributed by atoms with Gasteiger partial charge in [0.1, 0.15) is 11.9 Å². The number of fused-ring (bicyclic) bond motifs is 1. The summed E-state index contributed by atoms with van der Waals surface area (Å²) in [5, 5.41) is 12.6. The number of sulfonamides is 1. The first-order valence-electron chi connectivity index (χ1n) is 13.2. The number of carbonyl (C=O) groups is 2. The second-order valence-electron chi connectivity index (χ2n) is 10.4. The Morgan fingerprint density at radius 2 is 1.95 bits per heavy atom. The van der Waals surface area contributed by atoms with Crippen LogP contribution in [0.15, 0.2) is 66.1 Å². The van der Waals surface area contributed by atoms with E-state index in [2.05, 4.69) is 15.0 Å². The van der Waals surface area contributed by atoms with Crippen molar-refractivity contribution in [1.29, 1.82) is 0 Å². The number of hydrogen-bond donors (Lipinski definition) is 3. The van der Waals surface area contributed by atoms with Crippen molar-refractivity contribution in [3.8, 4) is 5.75 Å². The quantitative estimate of drug-likeness (QED) is 0.369. The van der Waals surface area contributed by atoms with Crippen molar-refractivity contribution in [3.05, 3.63) is 66.6 Å². The van der Waals surface area contributed by atoms with E-state index in [9.17, 15) is 23.1 Å². The number of aliphatic hydroxyl groups is 1. The number of nitrogens with one attached hydrogen (secondary N) is 2. The number of aromatic nitrogens is 2. The van der Waals surface area contributed by atoms with Crippen molar-refractivity contribution in [2.45, 2.75) is 37.4 Å². The summed E-state index contributed by atoms with van der Waals surface area (Å²) in [4.78, 5) is 33.4. The number of anilines is 2. The minimum absolute atomic E-state index is 0.0669. The number of hydrogen-bond acceptors (Lipinski definition) is 7. The zero-order chi connectivity index (χ0) is 29.7. The van der Waals surface area contributed by atoms with E-state index in [4.69, 9.17) is 4.74 Å². The van der Waals surface area contributed by atoms with Gasteiger partial charge in [-0.05, 0) is 37.3 Å². The van der Waals surface area contributed by atoms with E-state index in [1.54, 1.807) is 56.3 Å². The third kappa shape index (κ3) is 7.35. The monoisotopic (exact) mass is 584 g/mol. The Hall–Kier alpha value is -4.10. The second kappa shape index (κ2) is 12.6. The minimum Gasteiger partial charge on any atom is -0.488 e. The van der Waals surface area contributed by atoms with Crippen molar-refractivity contribution in [1.82, 2.24) is 19.4 Å². The number of carbonyl (C=O) groups excluding carboxylic acids is 2.